The van der Waals surface area contributed by atoms with E-state index in [1.807, 2.05) is 78.9 Å². The lowest BCUT2D eigenvalue weighted by Crippen LogP contribution is -2.51. The fourth-order valence-electron chi connectivity index (χ4n) is 10.4. The highest BCUT2D eigenvalue weighted by Crippen LogP contribution is 2.70. The lowest BCUT2D eigenvalue weighted by molar-refractivity contribution is -0.151. The maximum Gasteiger partial charge on any atom is 0.307 e. The van der Waals surface area contributed by atoms with E-state index in [4.69, 9.17) is 9.47 Å². The highest BCUT2D eigenvalue weighted by molar-refractivity contribution is 8.76. The first kappa shape index (κ1) is 45.2. The van der Waals surface area contributed by atoms with Crippen molar-refractivity contribution in [2.75, 3.05) is 57.4 Å². The number of hydrogen-bond acceptors (Lipinski definition) is 9. The summed E-state index contributed by atoms with van der Waals surface area (Å²) in [5, 5.41) is 4.85. The highest BCUT2D eigenvalue weighted by atomic mass is 33.1. The van der Waals surface area contributed by atoms with Crippen molar-refractivity contribution in [2.45, 2.75) is 41.9 Å². The summed E-state index contributed by atoms with van der Waals surface area (Å²) >= 11 is 0. The molecule has 2 fully saturated rings. The van der Waals surface area contributed by atoms with E-state index in [-0.39, 0.29) is 25.0 Å². The van der Waals surface area contributed by atoms with Crippen LogP contribution in [0.1, 0.15) is 63.2 Å². The van der Waals surface area contributed by atoms with Crippen LogP contribution >= 0.6 is 21.6 Å². The average molecular weight is 933 g/mol. The minimum atomic E-state index is -2.75. The molecule has 1 N–H and O–H groups in total. The lowest BCUT2D eigenvalue weighted by atomic mass is 9.77. The Balaban J connectivity index is 0.771. The van der Waals surface area contributed by atoms with E-state index in [1.165, 1.54) is 16.7 Å². The number of rotatable bonds is 18. The second kappa shape index (κ2) is 20.3. The second-order valence-corrected chi connectivity index (χ2v) is 20.2. The summed E-state index contributed by atoms with van der Waals surface area (Å²) in [7, 11) is 3.43. The van der Waals surface area contributed by atoms with E-state index in [1.54, 1.807) is 27.8 Å². The van der Waals surface area contributed by atoms with Crippen LogP contribution < -0.4 is 10.1 Å². The fraction of sp³-hybridized carbons (Fsp3) is 0.286. The number of fused-ring (bicyclic) bond motifs is 6. The standard InChI is InChI=1S/C56H54F2N4O3S2/c57-56(58)52-44-22-10-12-24-46(44)54(47-25-13-11-23-45(47)53(52)56)62-34-32-61(33-35-62)38-43(39-64-50-28-14-27-49-48(50)26-15-30-59-49)65-51(63)29-36-66-67-37-31-60-55(40-16-4-1-5-17-40,41-18-6-2-7-19-41)42-20-8-3-9-21-42/h1-28,30,43,52-54,60H,29,31-39H2/t43-,52-,53+,54?/m1/s1. The second-order valence-electron chi connectivity index (χ2n) is 17.5. The number of pyridine rings is 1. The van der Waals surface area contributed by atoms with E-state index < -0.39 is 29.4 Å². The van der Waals surface area contributed by atoms with Crippen molar-refractivity contribution in [3.05, 3.63) is 215 Å². The van der Waals surface area contributed by atoms with Gasteiger partial charge in [0.25, 0.3) is 5.92 Å². The number of alkyl halides is 2. The Bertz CT molecular complexity index is 2600. The summed E-state index contributed by atoms with van der Waals surface area (Å²) in [4.78, 5) is 22.9. The zero-order chi connectivity index (χ0) is 45.6. The predicted molar refractivity (Wildman–Crippen MR) is 267 cm³/mol. The molecule has 7 nitrogen and oxygen atoms in total. The summed E-state index contributed by atoms with van der Waals surface area (Å²) < 4.78 is 43.4. The molecule has 0 radical (unpaired) electrons. The van der Waals surface area contributed by atoms with Crippen molar-refractivity contribution in [2.24, 2.45) is 0 Å². The summed E-state index contributed by atoms with van der Waals surface area (Å²) in [6.07, 6.45) is 1.53. The normalized spacial score (nSPS) is 19.3. The first-order valence-electron chi connectivity index (χ1n) is 23.3. The number of aromatic nitrogens is 1. The molecule has 0 spiro atoms. The minimum Gasteiger partial charge on any atom is -0.489 e. The van der Waals surface area contributed by atoms with Crippen LogP contribution in [0.25, 0.3) is 10.9 Å². The van der Waals surface area contributed by atoms with Crippen molar-refractivity contribution >= 4 is 38.5 Å². The minimum absolute atomic E-state index is 0.111. The number of benzene rings is 6. The molecule has 11 heteroatoms. The molecule has 1 aromatic heterocycles. The van der Waals surface area contributed by atoms with Crippen LogP contribution in [0.2, 0.25) is 0 Å². The molecule has 10 rings (SSSR count). The molecule has 2 heterocycles. The SMILES string of the molecule is O=C(CCSSCCNC(c1ccccc1)(c1ccccc1)c1ccccc1)O[C@@H](COc1cccc2ncccc12)CN1CCN(C2c3ccccc3[C@@H]3[C@H](c4ccccc42)C3(F)F)CC1. The molecule has 6 aromatic carbocycles. The lowest BCUT2D eigenvalue weighted by Gasteiger charge is -2.41. The maximum absolute atomic E-state index is 15.4. The van der Waals surface area contributed by atoms with E-state index in [0.717, 1.165) is 71.6 Å². The van der Waals surface area contributed by atoms with Crippen LogP contribution in [-0.2, 0) is 15.1 Å². The third-order valence-electron chi connectivity index (χ3n) is 13.5. The number of carbonyl (C=O) groups is 1. The number of piperazine rings is 1. The third-order valence-corrected chi connectivity index (χ3v) is 15.9. The molecule has 2 aliphatic carbocycles. The average Bonchev–Trinajstić information content (AvgIpc) is 3.99. The van der Waals surface area contributed by atoms with E-state index in [9.17, 15) is 4.79 Å². The van der Waals surface area contributed by atoms with Gasteiger partial charge in [-0.2, -0.15) is 0 Å². The van der Waals surface area contributed by atoms with Crippen LogP contribution in [-0.4, -0.2) is 90.2 Å². The molecule has 3 aliphatic rings. The molecular formula is C56H54F2N4O3S2. The molecule has 342 valence electrons. The molecule has 0 bridgehead atoms. The Hall–Kier alpha value is -5.56. The predicted octanol–water partition coefficient (Wildman–Crippen LogP) is 11.1. The first-order chi connectivity index (χ1) is 32.9. The van der Waals surface area contributed by atoms with Gasteiger partial charge in [0.15, 0.2) is 0 Å². The highest BCUT2D eigenvalue weighted by Gasteiger charge is 2.71. The van der Waals surface area contributed by atoms with Gasteiger partial charge in [0.1, 0.15) is 18.5 Å². The zero-order valence-corrected chi connectivity index (χ0v) is 38.9. The topological polar surface area (TPSA) is 66.9 Å². The van der Waals surface area contributed by atoms with Gasteiger partial charge in [-0.1, -0.05) is 167 Å². The molecule has 1 saturated carbocycles. The van der Waals surface area contributed by atoms with Crippen molar-refractivity contribution in [3.63, 3.8) is 0 Å². The molecule has 1 unspecified atom stereocenters. The monoisotopic (exact) mass is 932 g/mol. The van der Waals surface area contributed by atoms with Crippen molar-refractivity contribution in [1.29, 1.82) is 0 Å². The number of nitrogens with one attached hydrogen (secondary N) is 1. The smallest absolute Gasteiger partial charge is 0.307 e. The maximum atomic E-state index is 15.4. The molecule has 4 atom stereocenters. The van der Waals surface area contributed by atoms with Gasteiger partial charge in [-0.25, -0.2) is 8.78 Å². The van der Waals surface area contributed by atoms with Crippen LogP contribution in [0.3, 0.4) is 0 Å². The molecule has 0 amide bonds. The summed E-state index contributed by atoms with van der Waals surface area (Å²) in [5.41, 5.74) is 7.30. The van der Waals surface area contributed by atoms with Crippen molar-refractivity contribution in [3.8, 4) is 5.75 Å². The van der Waals surface area contributed by atoms with Gasteiger partial charge in [-0.3, -0.25) is 24.9 Å². The molecule has 67 heavy (non-hydrogen) atoms. The van der Waals surface area contributed by atoms with Gasteiger partial charge < -0.3 is 9.47 Å². The van der Waals surface area contributed by atoms with Gasteiger partial charge >= 0.3 is 5.97 Å². The number of halogens is 2. The quantitative estimate of drug-likeness (QED) is 0.0392. The Labute approximate surface area is 399 Å². The van der Waals surface area contributed by atoms with Crippen LogP contribution in [0, 0.1) is 0 Å². The molecular weight excluding hydrogens is 879 g/mol. The van der Waals surface area contributed by atoms with E-state index in [0.29, 0.717) is 18.0 Å². The summed E-state index contributed by atoms with van der Waals surface area (Å²) in [5.74, 6) is -2.43. The Morgan fingerprint density at radius 1 is 0.672 bits per heavy atom. The number of hydrogen-bond donors (Lipinski definition) is 1. The Morgan fingerprint density at radius 3 is 1.82 bits per heavy atom. The van der Waals surface area contributed by atoms with Gasteiger partial charge in [0, 0.05) is 62.4 Å². The Morgan fingerprint density at radius 2 is 1.22 bits per heavy atom. The van der Waals surface area contributed by atoms with Gasteiger partial charge in [0.05, 0.1) is 35.4 Å². The van der Waals surface area contributed by atoms with Crippen molar-refractivity contribution in [1.82, 2.24) is 20.1 Å². The van der Waals surface area contributed by atoms with Gasteiger partial charge in [0.2, 0.25) is 0 Å². The summed E-state index contributed by atoms with van der Waals surface area (Å²) in [6.45, 7) is 4.39. The fourth-order valence-corrected chi connectivity index (χ4v) is 12.3. The van der Waals surface area contributed by atoms with Crippen LogP contribution in [0.5, 0.6) is 5.75 Å². The van der Waals surface area contributed by atoms with Gasteiger partial charge in [-0.05, 0) is 63.2 Å². The van der Waals surface area contributed by atoms with Gasteiger partial charge in [-0.15, -0.1) is 0 Å². The third kappa shape index (κ3) is 9.50. The van der Waals surface area contributed by atoms with Crippen LogP contribution in [0.4, 0.5) is 8.78 Å². The number of carbonyl (C=O) groups excluding carboxylic acids is 1. The summed E-state index contributed by atoms with van der Waals surface area (Å²) in [6, 6.07) is 57.0. The molecule has 1 aliphatic heterocycles. The number of ether oxygens (including phenoxy) is 2. The molecule has 7 aromatic rings. The van der Waals surface area contributed by atoms with Crippen LogP contribution in [0.15, 0.2) is 176 Å². The van der Waals surface area contributed by atoms with Crippen molar-refractivity contribution < 1.29 is 23.0 Å². The zero-order valence-electron chi connectivity index (χ0n) is 37.3. The van der Waals surface area contributed by atoms with E-state index >= 15 is 8.78 Å². The first-order valence-corrected chi connectivity index (χ1v) is 25.7. The molecule has 1 saturated heterocycles. The Kier molecular flexibility index (Phi) is 13.7. The number of nitrogens with zero attached hydrogens (tertiary/aromatic N) is 3. The van der Waals surface area contributed by atoms with E-state index in [2.05, 4.69) is 111 Å². The largest absolute Gasteiger partial charge is 0.489 e. The number of esters is 1.